The number of carbonyl (C=O) groups excluding carboxylic acids is 1. The first-order valence-electron chi connectivity index (χ1n) is 10.2. The van der Waals surface area contributed by atoms with Gasteiger partial charge in [-0.2, -0.15) is 0 Å². The van der Waals surface area contributed by atoms with Gasteiger partial charge in [0.15, 0.2) is 17.3 Å². The molecule has 29 heavy (non-hydrogen) atoms. The van der Waals surface area contributed by atoms with Gasteiger partial charge >= 0.3 is 0 Å². The highest BCUT2D eigenvalue weighted by atomic mass is 16.5. The first-order valence-corrected chi connectivity index (χ1v) is 10.2. The first kappa shape index (κ1) is 19.6. The summed E-state index contributed by atoms with van der Waals surface area (Å²) < 4.78 is 10.8. The molecule has 1 aliphatic carbocycles. The average Bonchev–Trinajstić information content (AvgIpc) is 2.78. The van der Waals surface area contributed by atoms with Gasteiger partial charge < -0.3 is 19.3 Å². The number of rotatable bonds is 5. The number of ketones is 1. The third-order valence-electron chi connectivity index (χ3n) is 6.01. The summed E-state index contributed by atoms with van der Waals surface area (Å²) in [4.78, 5) is 26.7. The van der Waals surface area contributed by atoms with Gasteiger partial charge in [0.1, 0.15) is 0 Å². The Bertz CT molecular complexity index is 894. The normalized spacial score (nSPS) is 19.8. The molecule has 1 aromatic heterocycles. The summed E-state index contributed by atoms with van der Waals surface area (Å²) in [5, 5.41) is 0. The van der Waals surface area contributed by atoms with Crippen LogP contribution < -0.4 is 14.4 Å². The number of Topliss-reactive ketones (excluding diaryl/α,β-unsaturated/α-hetero) is 1. The summed E-state index contributed by atoms with van der Waals surface area (Å²) in [6, 6.07) is 5.87. The second kappa shape index (κ2) is 8.37. The standard InChI is InChI=1S/C22H28N4O3/c1-4-25-7-9-26(10-8-25)22-23-14-17-18(24-22)11-16(12-19(17)27)15-5-6-20(28-2)21(13-15)29-3/h5-6,13-14,16H,4,7-12H2,1-3H3/t16-/m0/s1. The van der Waals surface area contributed by atoms with E-state index in [0.717, 1.165) is 56.4 Å². The average molecular weight is 396 g/mol. The predicted octanol–water partition coefficient (Wildman–Crippen LogP) is 2.55. The number of fused-ring (bicyclic) bond motifs is 1. The van der Waals surface area contributed by atoms with E-state index in [-0.39, 0.29) is 11.7 Å². The van der Waals surface area contributed by atoms with E-state index in [2.05, 4.69) is 21.7 Å². The highest BCUT2D eigenvalue weighted by Gasteiger charge is 2.29. The number of aromatic nitrogens is 2. The van der Waals surface area contributed by atoms with Gasteiger partial charge in [-0.25, -0.2) is 9.97 Å². The summed E-state index contributed by atoms with van der Waals surface area (Å²) >= 11 is 0. The molecule has 0 spiro atoms. The van der Waals surface area contributed by atoms with Gasteiger partial charge in [-0.1, -0.05) is 13.0 Å². The lowest BCUT2D eigenvalue weighted by Gasteiger charge is -2.34. The molecular formula is C22H28N4O3. The minimum absolute atomic E-state index is 0.0782. The van der Waals surface area contributed by atoms with Crippen LogP contribution in [0, 0.1) is 0 Å². The fourth-order valence-electron chi connectivity index (χ4n) is 4.19. The van der Waals surface area contributed by atoms with E-state index in [0.29, 0.717) is 23.5 Å². The molecule has 0 radical (unpaired) electrons. The van der Waals surface area contributed by atoms with Gasteiger partial charge in [-0.15, -0.1) is 0 Å². The van der Waals surface area contributed by atoms with Crippen molar-refractivity contribution in [3.8, 4) is 11.5 Å². The Hall–Kier alpha value is -2.67. The second-order valence-electron chi connectivity index (χ2n) is 7.59. The summed E-state index contributed by atoms with van der Waals surface area (Å²) in [5.41, 5.74) is 2.58. The number of ether oxygens (including phenoxy) is 2. The summed E-state index contributed by atoms with van der Waals surface area (Å²) in [7, 11) is 3.25. The molecule has 0 unspecified atom stereocenters. The zero-order valence-electron chi connectivity index (χ0n) is 17.4. The van der Waals surface area contributed by atoms with Crippen LogP contribution in [0.15, 0.2) is 24.4 Å². The quantitative estimate of drug-likeness (QED) is 0.769. The van der Waals surface area contributed by atoms with Crippen LogP contribution >= 0.6 is 0 Å². The van der Waals surface area contributed by atoms with Crippen LogP contribution in [0.1, 0.15) is 40.9 Å². The molecular weight excluding hydrogens is 368 g/mol. The van der Waals surface area contributed by atoms with Crippen LogP contribution in [0.3, 0.4) is 0 Å². The van der Waals surface area contributed by atoms with Crippen molar-refractivity contribution in [2.75, 3.05) is 51.8 Å². The number of hydrogen-bond acceptors (Lipinski definition) is 7. The van der Waals surface area contributed by atoms with Crippen molar-refractivity contribution in [3.63, 3.8) is 0 Å². The number of benzene rings is 1. The monoisotopic (exact) mass is 396 g/mol. The van der Waals surface area contributed by atoms with Gasteiger partial charge in [0.25, 0.3) is 0 Å². The van der Waals surface area contributed by atoms with Crippen LogP contribution in [-0.2, 0) is 6.42 Å². The largest absolute Gasteiger partial charge is 0.493 e. The van der Waals surface area contributed by atoms with Crippen LogP contribution in [0.2, 0.25) is 0 Å². The molecule has 2 heterocycles. The molecule has 1 saturated heterocycles. The molecule has 1 aromatic carbocycles. The molecule has 0 bridgehead atoms. The van der Waals surface area contributed by atoms with E-state index in [9.17, 15) is 4.79 Å². The van der Waals surface area contributed by atoms with Crippen molar-refractivity contribution in [3.05, 3.63) is 41.2 Å². The maximum Gasteiger partial charge on any atom is 0.225 e. The maximum absolute atomic E-state index is 12.8. The van der Waals surface area contributed by atoms with E-state index in [1.807, 2.05) is 18.2 Å². The Balaban J connectivity index is 1.57. The molecule has 0 saturated carbocycles. The van der Waals surface area contributed by atoms with Gasteiger partial charge in [0.05, 0.1) is 25.5 Å². The predicted molar refractivity (Wildman–Crippen MR) is 111 cm³/mol. The van der Waals surface area contributed by atoms with E-state index < -0.39 is 0 Å². The highest BCUT2D eigenvalue weighted by molar-refractivity contribution is 5.98. The Morgan fingerprint density at radius 3 is 2.52 bits per heavy atom. The lowest BCUT2D eigenvalue weighted by Crippen LogP contribution is -2.46. The van der Waals surface area contributed by atoms with Crippen molar-refractivity contribution in [1.29, 1.82) is 0 Å². The molecule has 4 rings (SSSR count). The van der Waals surface area contributed by atoms with Crippen LogP contribution in [0.25, 0.3) is 0 Å². The fraction of sp³-hybridized carbons (Fsp3) is 0.500. The topological polar surface area (TPSA) is 67.8 Å². The SMILES string of the molecule is CCN1CCN(c2ncc3c(n2)C[C@H](c2ccc(OC)c(OC)c2)CC3=O)CC1. The molecule has 7 heteroatoms. The summed E-state index contributed by atoms with van der Waals surface area (Å²) in [6.07, 6.45) is 2.90. The second-order valence-corrected chi connectivity index (χ2v) is 7.59. The molecule has 2 aromatic rings. The van der Waals surface area contributed by atoms with Crippen LogP contribution in [-0.4, -0.2) is 67.6 Å². The maximum atomic E-state index is 12.8. The van der Waals surface area contributed by atoms with Crippen molar-refractivity contribution in [1.82, 2.24) is 14.9 Å². The lowest BCUT2D eigenvalue weighted by atomic mass is 9.82. The third-order valence-corrected chi connectivity index (χ3v) is 6.01. The van der Waals surface area contributed by atoms with Crippen LogP contribution in [0.4, 0.5) is 5.95 Å². The molecule has 154 valence electrons. The molecule has 1 fully saturated rings. The minimum atomic E-state index is 0.0782. The first-order chi connectivity index (χ1) is 14.1. The van der Waals surface area contributed by atoms with Crippen molar-refractivity contribution in [2.24, 2.45) is 0 Å². The Morgan fingerprint density at radius 2 is 1.83 bits per heavy atom. The van der Waals surface area contributed by atoms with Gasteiger partial charge in [-0.05, 0) is 36.6 Å². The summed E-state index contributed by atoms with van der Waals surface area (Å²) in [6.45, 7) is 7.12. The van der Waals surface area contributed by atoms with Crippen LogP contribution in [0.5, 0.6) is 11.5 Å². The van der Waals surface area contributed by atoms with Gasteiger partial charge in [0.2, 0.25) is 5.95 Å². The number of hydrogen-bond donors (Lipinski definition) is 0. The number of likely N-dealkylation sites (N-methyl/N-ethyl adjacent to an activating group) is 1. The van der Waals surface area contributed by atoms with Gasteiger partial charge in [0, 0.05) is 38.8 Å². The third kappa shape index (κ3) is 3.92. The molecule has 0 N–H and O–H groups in total. The van der Waals surface area contributed by atoms with E-state index in [1.54, 1.807) is 20.4 Å². The Labute approximate surface area is 171 Å². The zero-order chi connectivity index (χ0) is 20.4. The van der Waals surface area contributed by atoms with E-state index in [4.69, 9.17) is 14.5 Å². The smallest absolute Gasteiger partial charge is 0.225 e. The molecule has 1 atom stereocenters. The van der Waals surface area contributed by atoms with E-state index >= 15 is 0 Å². The zero-order valence-corrected chi connectivity index (χ0v) is 17.4. The van der Waals surface area contributed by atoms with Crippen molar-refractivity contribution in [2.45, 2.75) is 25.7 Å². The molecule has 1 aliphatic heterocycles. The Morgan fingerprint density at radius 1 is 1.07 bits per heavy atom. The minimum Gasteiger partial charge on any atom is -0.493 e. The van der Waals surface area contributed by atoms with Crippen molar-refractivity contribution >= 4 is 11.7 Å². The number of carbonyl (C=O) groups is 1. The lowest BCUT2D eigenvalue weighted by molar-refractivity contribution is 0.0962. The Kier molecular flexibility index (Phi) is 5.67. The molecule has 0 amide bonds. The fourth-order valence-corrected chi connectivity index (χ4v) is 4.19. The number of piperazine rings is 1. The number of anilines is 1. The number of methoxy groups -OCH3 is 2. The molecule has 7 nitrogen and oxygen atoms in total. The van der Waals surface area contributed by atoms with E-state index in [1.165, 1.54) is 0 Å². The van der Waals surface area contributed by atoms with Crippen molar-refractivity contribution < 1.29 is 14.3 Å². The number of nitrogens with zero attached hydrogens (tertiary/aromatic N) is 4. The van der Waals surface area contributed by atoms with Gasteiger partial charge in [-0.3, -0.25) is 4.79 Å². The molecule has 2 aliphatic rings. The highest BCUT2D eigenvalue weighted by Crippen LogP contribution is 2.36. The summed E-state index contributed by atoms with van der Waals surface area (Å²) in [5.74, 6) is 2.29.